The molecule has 0 bridgehead atoms. The molecule has 5 nitrogen and oxygen atoms in total. The maximum atomic E-state index is 13.2. The SMILES string of the molecule is CC(C)CC(=O)N1Cc2ccccc2CC1C(=O)N(C)CCOc1ccc(F)cc1. The zero-order valence-electron chi connectivity index (χ0n) is 17.8. The molecule has 0 aromatic heterocycles. The Morgan fingerprint density at radius 1 is 1.13 bits per heavy atom. The van der Waals surface area contributed by atoms with Crippen LogP contribution in [-0.2, 0) is 22.6 Å². The van der Waals surface area contributed by atoms with Crippen LogP contribution in [0.5, 0.6) is 5.75 Å². The van der Waals surface area contributed by atoms with Gasteiger partial charge < -0.3 is 14.5 Å². The van der Waals surface area contributed by atoms with E-state index in [0.717, 1.165) is 11.1 Å². The Bertz CT molecular complexity index is 882. The number of rotatable bonds is 7. The van der Waals surface area contributed by atoms with Crippen molar-refractivity contribution in [3.05, 3.63) is 65.5 Å². The summed E-state index contributed by atoms with van der Waals surface area (Å²) in [6.07, 6.45) is 0.936. The summed E-state index contributed by atoms with van der Waals surface area (Å²) in [6, 6.07) is 13.2. The van der Waals surface area contributed by atoms with E-state index < -0.39 is 6.04 Å². The van der Waals surface area contributed by atoms with Crippen LogP contribution in [-0.4, -0.2) is 47.9 Å². The van der Waals surface area contributed by atoms with Gasteiger partial charge in [0.15, 0.2) is 0 Å². The fraction of sp³-hybridized carbons (Fsp3) is 0.417. The van der Waals surface area contributed by atoms with Crippen molar-refractivity contribution < 1.29 is 18.7 Å². The molecule has 6 heteroatoms. The first-order valence-electron chi connectivity index (χ1n) is 10.3. The summed E-state index contributed by atoms with van der Waals surface area (Å²) in [5.74, 6) is 0.376. The van der Waals surface area contributed by atoms with Gasteiger partial charge in [0.2, 0.25) is 11.8 Å². The zero-order chi connectivity index (χ0) is 21.7. The first kappa shape index (κ1) is 21.8. The summed E-state index contributed by atoms with van der Waals surface area (Å²) in [6.45, 7) is 5.13. The van der Waals surface area contributed by atoms with Gasteiger partial charge in [-0.15, -0.1) is 0 Å². The van der Waals surface area contributed by atoms with Crippen molar-refractivity contribution in [2.45, 2.75) is 39.3 Å². The fourth-order valence-corrected chi connectivity index (χ4v) is 3.67. The van der Waals surface area contributed by atoms with Gasteiger partial charge in [0, 0.05) is 26.4 Å². The highest BCUT2D eigenvalue weighted by atomic mass is 19.1. The number of carbonyl (C=O) groups excluding carboxylic acids is 2. The molecule has 2 amide bonds. The Hall–Kier alpha value is -2.89. The highest BCUT2D eigenvalue weighted by Crippen LogP contribution is 2.26. The van der Waals surface area contributed by atoms with Crippen molar-refractivity contribution >= 4 is 11.8 Å². The quantitative estimate of drug-likeness (QED) is 0.697. The highest BCUT2D eigenvalue weighted by Gasteiger charge is 2.35. The van der Waals surface area contributed by atoms with Crippen LogP contribution in [0.15, 0.2) is 48.5 Å². The van der Waals surface area contributed by atoms with E-state index in [2.05, 4.69) is 0 Å². The summed E-state index contributed by atoms with van der Waals surface area (Å²) in [7, 11) is 1.72. The van der Waals surface area contributed by atoms with E-state index in [9.17, 15) is 14.0 Å². The number of ether oxygens (including phenoxy) is 1. The lowest BCUT2D eigenvalue weighted by atomic mass is 9.92. The summed E-state index contributed by atoms with van der Waals surface area (Å²) < 4.78 is 18.6. The lowest BCUT2D eigenvalue weighted by molar-refractivity contribution is -0.147. The van der Waals surface area contributed by atoms with Gasteiger partial charge in [-0.25, -0.2) is 4.39 Å². The zero-order valence-corrected chi connectivity index (χ0v) is 17.8. The number of fused-ring (bicyclic) bond motifs is 1. The third-order valence-electron chi connectivity index (χ3n) is 5.32. The van der Waals surface area contributed by atoms with Gasteiger partial charge in [0.25, 0.3) is 0 Å². The largest absolute Gasteiger partial charge is 0.492 e. The lowest BCUT2D eigenvalue weighted by Gasteiger charge is -2.38. The van der Waals surface area contributed by atoms with Gasteiger partial charge in [-0.3, -0.25) is 9.59 Å². The number of likely N-dealkylation sites (N-methyl/N-ethyl adjacent to an activating group) is 1. The number of amides is 2. The van der Waals surface area contributed by atoms with Crippen LogP contribution in [0, 0.1) is 11.7 Å². The minimum Gasteiger partial charge on any atom is -0.492 e. The Balaban J connectivity index is 1.67. The van der Waals surface area contributed by atoms with Crippen LogP contribution in [0.2, 0.25) is 0 Å². The van der Waals surface area contributed by atoms with E-state index in [-0.39, 0.29) is 30.2 Å². The minimum absolute atomic E-state index is 0.00816. The number of halogens is 1. The van der Waals surface area contributed by atoms with Crippen molar-refractivity contribution in [2.24, 2.45) is 5.92 Å². The molecule has 1 unspecified atom stereocenters. The van der Waals surface area contributed by atoms with Crippen molar-refractivity contribution in [1.29, 1.82) is 0 Å². The Morgan fingerprint density at radius 3 is 2.47 bits per heavy atom. The fourth-order valence-electron chi connectivity index (χ4n) is 3.67. The summed E-state index contributed by atoms with van der Waals surface area (Å²) >= 11 is 0. The maximum absolute atomic E-state index is 13.2. The molecule has 1 aliphatic rings. The Morgan fingerprint density at radius 2 is 1.80 bits per heavy atom. The van der Waals surface area contributed by atoms with E-state index in [1.54, 1.807) is 29.0 Å². The second kappa shape index (κ2) is 9.74. The van der Waals surface area contributed by atoms with E-state index >= 15 is 0 Å². The predicted molar refractivity (Wildman–Crippen MR) is 113 cm³/mol. The molecule has 0 N–H and O–H groups in total. The molecular weight excluding hydrogens is 383 g/mol. The number of carbonyl (C=O) groups is 2. The van der Waals surface area contributed by atoms with Gasteiger partial charge in [0.1, 0.15) is 24.2 Å². The molecule has 160 valence electrons. The van der Waals surface area contributed by atoms with Crippen LogP contribution >= 0.6 is 0 Å². The lowest BCUT2D eigenvalue weighted by Crippen LogP contribution is -2.53. The number of hydrogen-bond donors (Lipinski definition) is 0. The predicted octanol–water partition coefficient (Wildman–Crippen LogP) is 3.66. The molecule has 0 fully saturated rings. The smallest absolute Gasteiger partial charge is 0.245 e. The molecule has 0 spiro atoms. The van der Waals surface area contributed by atoms with E-state index in [4.69, 9.17) is 4.74 Å². The molecular formula is C24H29FN2O3. The highest BCUT2D eigenvalue weighted by molar-refractivity contribution is 5.88. The molecule has 0 aliphatic carbocycles. The molecule has 1 atom stereocenters. The van der Waals surface area contributed by atoms with Gasteiger partial charge in [0.05, 0.1) is 6.54 Å². The van der Waals surface area contributed by atoms with Gasteiger partial charge >= 0.3 is 0 Å². The second-order valence-corrected chi connectivity index (χ2v) is 8.17. The molecule has 0 saturated carbocycles. The first-order valence-corrected chi connectivity index (χ1v) is 10.3. The number of hydrogen-bond acceptors (Lipinski definition) is 3. The molecule has 30 heavy (non-hydrogen) atoms. The topological polar surface area (TPSA) is 49.9 Å². The third-order valence-corrected chi connectivity index (χ3v) is 5.32. The average Bonchev–Trinajstić information content (AvgIpc) is 2.73. The van der Waals surface area contributed by atoms with Gasteiger partial charge in [-0.05, 0) is 41.3 Å². The van der Waals surface area contributed by atoms with Gasteiger partial charge in [-0.2, -0.15) is 0 Å². The van der Waals surface area contributed by atoms with Crippen LogP contribution in [0.25, 0.3) is 0 Å². The monoisotopic (exact) mass is 412 g/mol. The van der Waals surface area contributed by atoms with Crippen molar-refractivity contribution in [1.82, 2.24) is 9.80 Å². The van der Waals surface area contributed by atoms with Crippen LogP contribution in [0.1, 0.15) is 31.4 Å². The number of benzene rings is 2. The third kappa shape index (κ3) is 5.38. The Labute approximate surface area is 177 Å². The van der Waals surface area contributed by atoms with Crippen LogP contribution in [0.3, 0.4) is 0 Å². The minimum atomic E-state index is -0.512. The van der Waals surface area contributed by atoms with Crippen molar-refractivity contribution in [2.75, 3.05) is 20.2 Å². The summed E-state index contributed by atoms with van der Waals surface area (Å²) in [5.41, 5.74) is 2.21. The standard InChI is InChI=1S/C24H29FN2O3/c1-17(2)14-23(28)27-16-19-7-5-4-6-18(19)15-22(27)24(29)26(3)12-13-30-21-10-8-20(25)9-11-21/h4-11,17,22H,12-16H2,1-3H3. The molecule has 0 radical (unpaired) electrons. The maximum Gasteiger partial charge on any atom is 0.245 e. The van der Waals surface area contributed by atoms with E-state index in [1.165, 1.54) is 12.1 Å². The van der Waals surface area contributed by atoms with E-state index in [1.807, 2.05) is 38.1 Å². The van der Waals surface area contributed by atoms with Crippen molar-refractivity contribution in [3.63, 3.8) is 0 Å². The molecule has 2 aromatic rings. The molecule has 1 aliphatic heterocycles. The Kier molecular flexibility index (Phi) is 7.08. The van der Waals surface area contributed by atoms with Crippen molar-refractivity contribution in [3.8, 4) is 5.75 Å². The molecule has 2 aromatic carbocycles. The van der Waals surface area contributed by atoms with Crippen LogP contribution in [0.4, 0.5) is 4.39 Å². The molecule has 0 saturated heterocycles. The molecule has 1 heterocycles. The van der Waals surface area contributed by atoms with Gasteiger partial charge in [-0.1, -0.05) is 38.1 Å². The van der Waals surface area contributed by atoms with Crippen LogP contribution < -0.4 is 4.74 Å². The molecule has 3 rings (SSSR count). The first-order chi connectivity index (χ1) is 14.3. The average molecular weight is 413 g/mol. The summed E-state index contributed by atoms with van der Waals surface area (Å²) in [5, 5.41) is 0. The summed E-state index contributed by atoms with van der Waals surface area (Å²) in [4.78, 5) is 29.4. The second-order valence-electron chi connectivity index (χ2n) is 8.17. The number of nitrogens with zero attached hydrogens (tertiary/aromatic N) is 2. The normalized spacial score (nSPS) is 15.6. The van der Waals surface area contributed by atoms with E-state index in [0.29, 0.717) is 31.7 Å².